The van der Waals surface area contributed by atoms with Crippen LogP contribution in [0.15, 0.2) is 48.5 Å². The van der Waals surface area contributed by atoms with Gasteiger partial charge in [-0.1, -0.05) is 57.2 Å². The summed E-state index contributed by atoms with van der Waals surface area (Å²) in [7, 11) is -2.93. The molecule has 0 saturated heterocycles. The minimum absolute atomic E-state index is 0.231. The van der Waals surface area contributed by atoms with Gasteiger partial charge in [0.15, 0.2) is 0 Å². The summed E-state index contributed by atoms with van der Waals surface area (Å²) >= 11 is 0. The van der Waals surface area contributed by atoms with E-state index in [1.54, 1.807) is 12.1 Å². The third kappa shape index (κ3) is 5.48. The van der Waals surface area contributed by atoms with E-state index in [4.69, 9.17) is 13.3 Å². The largest absolute Gasteiger partial charge is 0.537 e. The molecule has 0 aliphatic carbocycles. The predicted molar refractivity (Wildman–Crippen MR) is 106 cm³/mol. The van der Waals surface area contributed by atoms with Crippen molar-refractivity contribution >= 4 is 14.0 Å². The van der Waals surface area contributed by atoms with E-state index in [1.165, 1.54) is 12.1 Å². The van der Waals surface area contributed by atoms with Crippen LogP contribution in [-0.2, 0) is 13.3 Å². The van der Waals surface area contributed by atoms with E-state index in [0.717, 1.165) is 35.6 Å². The maximum atomic E-state index is 13.1. The predicted octanol–water partition coefficient (Wildman–Crippen LogP) is 4.92. The highest BCUT2D eigenvalue weighted by Gasteiger charge is 2.43. The molecule has 0 fully saturated rings. The highest BCUT2D eigenvalue weighted by atomic mass is 28.4. The Morgan fingerprint density at radius 1 is 0.654 bits per heavy atom. The van der Waals surface area contributed by atoms with Gasteiger partial charge in [0.05, 0.1) is 0 Å². The minimum Gasteiger partial charge on any atom is -0.370 e. The fourth-order valence-electron chi connectivity index (χ4n) is 2.59. The number of benzene rings is 2. The molecule has 0 aliphatic heterocycles. The molecule has 2 aromatic carbocycles. The maximum absolute atomic E-state index is 13.1. The Bertz CT molecular complexity index is 622. The Morgan fingerprint density at radius 3 is 1.42 bits per heavy atom. The van der Waals surface area contributed by atoms with E-state index >= 15 is 0 Å². The van der Waals surface area contributed by atoms with Crippen molar-refractivity contribution in [1.29, 1.82) is 0 Å². The third-order valence-electron chi connectivity index (χ3n) is 3.90. The molecule has 0 saturated carbocycles. The first-order valence-electron chi connectivity index (χ1n) is 9.43. The molecule has 0 N–H and O–H groups in total. The van der Waals surface area contributed by atoms with Gasteiger partial charge in [-0.3, -0.25) is 0 Å². The quantitative estimate of drug-likeness (QED) is 0.521. The van der Waals surface area contributed by atoms with Crippen LogP contribution >= 0.6 is 0 Å². The van der Waals surface area contributed by atoms with Crippen LogP contribution in [0, 0.1) is 5.82 Å². The Labute approximate surface area is 157 Å². The van der Waals surface area contributed by atoms with Crippen LogP contribution in [0.3, 0.4) is 0 Å². The van der Waals surface area contributed by atoms with E-state index in [-0.39, 0.29) is 5.82 Å². The Morgan fingerprint density at radius 2 is 1.04 bits per heavy atom. The lowest BCUT2D eigenvalue weighted by Crippen LogP contribution is -2.57. The monoisotopic (exact) mass is 376 g/mol. The highest BCUT2D eigenvalue weighted by Crippen LogP contribution is 2.20. The number of rotatable bonds is 11. The molecule has 3 nitrogen and oxygen atoms in total. The van der Waals surface area contributed by atoms with E-state index in [0.29, 0.717) is 19.8 Å². The zero-order valence-electron chi connectivity index (χ0n) is 16.0. The van der Waals surface area contributed by atoms with Gasteiger partial charge in [0.2, 0.25) is 0 Å². The van der Waals surface area contributed by atoms with Crippen molar-refractivity contribution in [2.45, 2.75) is 40.0 Å². The smallest absolute Gasteiger partial charge is 0.370 e. The summed E-state index contributed by atoms with van der Waals surface area (Å²) < 4.78 is 31.7. The molecule has 0 amide bonds. The highest BCUT2D eigenvalue weighted by molar-refractivity contribution is 6.75. The SMILES string of the molecule is CCCO[Si](OCCC)(OCCC)c1ccc(-c2ccc(F)cc2)cc1. The Kier molecular flexibility index (Phi) is 8.45. The first-order chi connectivity index (χ1) is 12.6. The van der Waals surface area contributed by atoms with Crippen LogP contribution in [0.1, 0.15) is 40.0 Å². The average Bonchev–Trinajstić information content (AvgIpc) is 2.68. The lowest BCUT2D eigenvalue weighted by Gasteiger charge is -2.30. The lowest BCUT2D eigenvalue weighted by atomic mass is 10.1. The van der Waals surface area contributed by atoms with Gasteiger partial charge in [-0.2, -0.15) is 0 Å². The molecule has 0 radical (unpaired) electrons. The molecule has 2 rings (SSSR count). The molecule has 0 aliphatic rings. The van der Waals surface area contributed by atoms with Crippen LogP contribution in [0.5, 0.6) is 0 Å². The number of halogens is 1. The molecule has 142 valence electrons. The van der Waals surface area contributed by atoms with Crippen LogP contribution in [-0.4, -0.2) is 28.6 Å². The van der Waals surface area contributed by atoms with Crippen molar-refractivity contribution in [2.24, 2.45) is 0 Å². The molecule has 0 bridgehead atoms. The van der Waals surface area contributed by atoms with Crippen molar-refractivity contribution in [3.63, 3.8) is 0 Å². The van der Waals surface area contributed by atoms with Gasteiger partial charge in [-0.15, -0.1) is 0 Å². The number of hydrogen-bond acceptors (Lipinski definition) is 3. The summed E-state index contributed by atoms with van der Waals surface area (Å²) in [6, 6.07) is 14.6. The molecule has 0 unspecified atom stereocenters. The molecular weight excluding hydrogens is 347 g/mol. The summed E-state index contributed by atoms with van der Waals surface area (Å²) in [4.78, 5) is 0. The third-order valence-corrected chi connectivity index (χ3v) is 6.70. The normalized spacial score (nSPS) is 11.7. The van der Waals surface area contributed by atoms with Crippen molar-refractivity contribution < 1.29 is 17.7 Å². The van der Waals surface area contributed by atoms with E-state index in [2.05, 4.69) is 20.8 Å². The summed E-state index contributed by atoms with van der Waals surface area (Å²) in [6.45, 7) is 8.07. The van der Waals surface area contributed by atoms with Gasteiger partial charge in [-0.05, 0) is 42.5 Å². The topological polar surface area (TPSA) is 27.7 Å². The first-order valence-corrected chi connectivity index (χ1v) is 11.2. The number of hydrogen-bond donors (Lipinski definition) is 0. The van der Waals surface area contributed by atoms with Crippen LogP contribution in [0.2, 0.25) is 0 Å². The zero-order chi connectivity index (χ0) is 18.8. The van der Waals surface area contributed by atoms with Gasteiger partial charge < -0.3 is 13.3 Å². The molecular formula is C21H29FO3Si. The Balaban J connectivity index is 2.31. The Hall–Kier alpha value is -1.53. The second-order valence-electron chi connectivity index (χ2n) is 6.19. The van der Waals surface area contributed by atoms with Crippen molar-refractivity contribution in [3.8, 4) is 11.1 Å². The summed E-state index contributed by atoms with van der Waals surface area (Å²) in [5.41, 5.74) is 2.00. The molecule has 0 heterocycles. The summed E-state index contributed by atoms with van der Waals surface area (Å²) in [6.07, 6.45) is 2.73. The second kappa shape index (κ2) is 10.6. The van der Waals surface area contributed by atoms with Gasteiger partial charge in [0, 0.05) is 25.0 Å². The molecule has 0 spiro atoms. The summed E-state index contributed by atoms with van der Waals surface area (Å²) in [5, 5.41) is 0.971. The molecule has 0 atom stereocenters. The van der Waals surface area contributed by atoms with E-state index < -0.39 is 8.80 Å². The van der Waals surface area contributed by atoms with Crippen molar-refractivity contribution in [2.75, 3.05) is 19.8 Å². The molecule has 5 heteroatoms. The van der Waals surface area contributed by atoms with Crippen molar-refractivity contribution in [3.05, 3.63) is 54.3 Å². The van der Waals surface area contributed by atoms with E-state index in [9.17, 15) is 4.39 Å². The van der Waals surface area contributed by atoms with Gasteiger partial charge in [0.25, 0.3) is 0 Å². The van der Waals surface area contributed by atoms with Crippen molar-refractivity contribution in [1.82, 2.24) is 0 Å². The zero-order valence-corrected chi connectivity index (χ0v) is 17.0. The molecule has 0 aromatic heterocycles. The summed E-state index contributed by atoms with van der Waals surface area (Å²) in [5.74, 6) is -0.231. The minimum atomic E-state index is -2.93. The maximum Gasteiger partial charge on any atom is 0.537 e. The fourth-order valence-corrected chi connectivity index (χ4v) is 5.34. The first kappa shape index (κ1) is 20.8. The van der Waals surface area contributed by atoms with E-state index in [1.807, 2.05) is 24.3 Å². The standard InChI is InChI=1S/C21H29FO3Si/c1-4-15-23-26(24-16-5-2,25-17-6-3)21-13-9-19(10-14-21)18-7-11-20(22)12-8-18/h7-14H,4-6,15-17H2,1-3H3. The fraction of sp³-hybridized carbons (Fsp3) is 0.429. The van der Waals surface area contributed by atoms with Crippen LogP contribution < -0.4 is 5.19 Å². The van der Waals surface area contributed by atoms with Gasteiger partial charge in [0.1, 0.15) is 5.82 Å². The van der Waals surface area contributed by atoms with Crippen LogP contribution in [0.25, 0.3) is 11.1 Å². The average molecular weight is 377 g/mol. The van der Waals surface area contributed by atoms with Crippen LogP contribution in [0.4, 0.5) is 4.39 Å². The molecule has 26 heavy (non-hydrogen) atoms. The lowest BCUT2D eigenvalue weighted by molar-refractivity contribution is 0.0732. The molecule has 2 aromatic rings. The second-order valence-corrected chi connectivity index (χ2v) is 8.74. The van der Waals surface area contributed by atoms with Gasteiger partial charge >= 0.3 is 8.80 Å². The van der Waals surface area contributed by atoms with Gasteiger partial charge in [-0.25, -0.2) is 4.39 Å².